The second-order valence-corrected chi connectivity index (χ2v) is 2.08. The fourth-order valence-electron chi connectivity index (χ4n) is 0.453. The molecule has 0 fully saturated rings. The quantitative estimate of drug-likeness (QED) is 0.377. The number of hydrogen-bond donors (Lipinski definition) is 0. The molecule has 38 valence electrons. The molecule has 1 atom stereocenters. The van der Waals surface area contributed by atoms with Gasteiger partial charge in [0.25, 0.3) is 0 Å². The van der Waals surface area contributed by atoms with Crippen molar-refractivity contribution in [2.75, 3.05) is 0 Å². The zero-order chi connectivity index (χ0) is 5.11. The maximum atomic E-state index is 2.63. The minimum Gasteiger partial charge on any atom is -0.106 e. The standard InChI is InChI=1S/C6H7P.2Na/c7-6-4-2-1-3-5-6;;/h1-5H,7H2;;. The van der Waals surface area contributed by atoms with Crippen molar-refractivity contribution in [2.24, 2.45) is 0 Å². The molecule has 0 aliphatic rings. The van der Waals surface area contributed by atoms with Crippen molar-refractivity contribution in [2.45, 2.75) is 0 Å². The van der Waals surface area contributed by atoms with Crippen molar-refractivity contribution in [1.29, 1.82) is 0 Å². The van der Waals surface area contributed by atoms with E-state index in [0.717, 1.165) is 0 Å². The van der Waals surface area contributed by atoms with Crippen LogP contribution < -0.4 is 5.30 Å². The van der Waals surface area contributed by atoms with Crippen LogP contribution in [0.3, 0.4) is 0 Å². The summed E-state index contributed by atoms with van der Waals surface area (Å²) in [6, 6.07) is 10.1. The van der Waals surface area contributed by atoms with Crippen LogP contribution in [-0.2, 0) is 0 Å². The topological polar surface area (TPSA) is 0 Å². The van der Waals surface area contributed by atoms with Gasteiger partial charge in [0.05, 0.1) is 0 Å². The van der Waals surface area contributed by atoms with E-state index in [1.165, 1.54) is 5.30 Å². The molecule has 1 aromatic rings. The smallest absolute Gasteiger partial charge is 0 e. The molecule has 0 bridgehead atoms. The molecule has 0 N–H and O–H groups in total. The molecule has 0 saturated heterocycles. The Bertz CT molecular complexity index is 141. The molecule has 0 saturated carbocycles. The van der Waals surface area contributed by atoms with E-state index in [-0.39, 0.29) is 59.1 Å². The predicted octanol–water partition coefficient (Wildman–Crippen LogP) is 0.425. The fourth-order valence-corrected chi connectivity index (χ4v) is 0.675. The van der Waals surface area contributed by atoms with Crippen LogP contribution in [0.5, 0.6) is 0 Å². The Morgan fingerprint density at radius 2 is 1.33 bits per heavy atom. The summed E-state index contributed by atoms with van der Waals surface area (Å²) in [4.78, 5) is 0. The van der Waals surface area contributed by atoms with E-state index in [1.54, 1.807) is 0 Å². The Morgan fingerprint density at radius 1 is 0.889 bits per heavy atom. The first-order valence-electron chi connectivity index (χ1n) is 2.20. The van der Waals surface area contributed by atoms with Gasteiger partial charge in [-0.1, -0.05) is 30.3 Å². The summed E-state index contributed by atoms with van der Waals surface area (Å²) in [5, 5.41) is 1.24. The minimum absolute atomic E-state index is 0. The molecular weight excluding hydrogens is 149 g/mol. The van der Waals surface area contributed by atoms with Gasteiger partial charge >= 0.3 is 0 Å². The van der Waals surface area contributed by atoms with Gasteiger partial charge < -0.3 is 0 Å². The van der Waals surface area contributed by atoms with Gasteiger partial charge in [-0.2, -0.15) is 0 Å². The monoisotopic (exact) mass is 156 g/mol. The number of hydrogen-bond acceptors (Lipinski definition) is 0. The average Bonchev–Trinajstić information content (AvgIpc) is 1.69. The first-order chi connectivity index (χ1) is 3.39. The summed E-state index contributed by atoms with van der Waals surface area (Å²) in [5.41, 5.74) is 0. The summed E-state index contributed by atoms with van der Waals surface area (Å²) in [5.74, 6) is 0. The van der Waals surface area contributed by atoms with Crippen LogP contribution in [0, 0.1) is 0 Å². The van der Waals surface area contributed by atoms with E-state index in [4.69, 9.17) is 0 Å². The Kier molecular flexibility index (Phi) is 11.4. The molecule has 2 radical (unpaired) electrons. The molecule has 9 heavy (non-hydrogen) atoms. The van der Waals surface area contributed by atoms with Crippen molar-refractivity contribution < 1.29 is 0 Å². The van der Waals surface area contributed by atoms with Gasteiger partial charge in [-0.15, -0.1) is 9.24 Å². The Morgan fingerprint density at radius 3 is 1.56 bits per heavy atom. The molecule has 1 rings (SSSR count). The van der Waals surface area contributed by atoms with Crippen LogP contribution in [0.4, 0.5) is 0 Å². The molecule has 0 aromatic heterocycles. The molecule has 0 amide bonds. The largest absolute Gasteiger partial charge is 0.106 e. The molecule has 1 aromatic carbocycles. The maximum Gasteiger partial charge on any atom is 0 e. The zero-order valence-electron chi connectivity index (χ0n) is 5.96. The third-order valence-electron chi connectivity index (χ3n) is 0.800. The van der Waals surface area contributed by atoms with Gasteiger partial charge in [0.15, 0.2) is 0 Å². The summed E-state index contributed by atoms with van der Waals surface area (Å²) in [6.45, 7) is 0. The minimum atomic E-state index is 0. The van der Waals surface area contributed by atoms with Gasteiger partial charge in [0.1, 0.15) is 0 Å². The third-order valence-corrected chi connectivity index (χ3v) is 1.18. The number of rotatable bonds is 0. The van der Waals surface area contributed by atoms with Crippen LogP contribution >= 0.6 is 9.24 Å². The first kappa shape index (κ1) is 13.3. The molecule has 0 heterocycles. The van der Waals surface area contributed by atoms with E-state index in [0.29, 0.717) is 0 Å². The molecule has 3 heteroatoms. The molecular formula is C6H7Na2P. The maximum absolute atomic E-state index is 2.63. The van der Waals surface area contributed by atoms with Crippen molar-refractivity contribution in [1.82, 2.24) is 0 Å². The normalized spacial score (nSPS) is 6.78. The summed E-state index contributed by atoms with van der Waals surface area (Å²) in [7, 11) is 2.63. The average molecular weight is 156 g/mol. The van der Waals surface area contributed by atoms with Crippen LogP contribution in [0.25, 0.3) is 0 Å². The molecule has 0 aliphatic carbocycles. The van der Waals surface area contributed by atoms with Crippen molar-refractivity contribution in [3.05, 3.63) is 30.3 Å². The van der Waals surface area contributed by atoms with Crippen LogP contribution in [0.1, 0.15) is 0 Å². The number of benzene rings is 1. The van der Waals surface area contributed by atoms with Crippen LogP contribution in [0.15, 0.2) is 30.3 Å². The van der Waals surface area contributed by atoms with E-state index >= 15 is 0 Å². The molecule has 1 unspecified atom stereocenters. The van der Waals surface area contributed by atoms with E-state index in [9.17, 15) is 0 Å². The van der Waals surface area contributed by atoms with Crippen LogP contribution in [-0.4, -0.2) is 59.1 Å². The van der Waals surface area contributed by atoms with Gasteiger partial charge in [-0.05, 0) is 5.30 Å². The van der Waals surface area contributed by atoms with Crippen LogP contribution in [0.2, 0.25) is 0 Å². The Hall–Kier alpha value is 1.65. The first-order valence-corrected chi connectivity index (χ1v) is 2.78. The predicted molar refractivity (Wildman–Crippen MR) is 47.3 cm³/mol. The molecule has 0 nitrogen and oxygen atoms in total. The van der Waals surface area contributed by atoms with Crippen molar-refractivity contribution in [3.63, 3.8) is 0 Å². The zero-order valence-corrected chi connectivity index (χ0v) is 11.1. The van der Waals surface area contributed by atoms with Crippen molar-refractivity contribution in [3.8, 4) is 0 Å². The van der Waals surface area contributed by atoms with E-state index in [1.807, 2.05) is 30.3 Å². The van der Waals surface area contributed by atoms with E-state index in [2.05, 4.69) is 9.24 Å². The van der Waals surface area contributed by atoms with Crippen molar-refractivity contribution >= 4 is 73.7 Å². The third kappa shape index (κ3) is 6.06. The summed E-state index contributed by atoms with van der Waals surface area (Å²) >= 11 is 0. The summed E-state index contributed by atoms with van der Waals surface area (Å²) in [6.07, 6.45) is 0. The van der Waals surface area contributed by atoms with Gasteiger partial charge in [0.2, 0.25) is 0 Å². The van der Waals surface area contributed by atoms with Gasteiger partial charge in [-0.3, -0.25) is 0 Å². The van der Waals surface area contributed by atoms with Gasteiger partial charge in [-0.25, -0.2) is 0 Å². The second kappa shape index (κ2) is 7.75. The summed E-state index contributed by atoms with van der Waals surface area (Å²) < 4.78 is 0. The van der Waals surface area contributed by atoms with E-state index < -0.39 is 0 Å². The Balaban J connectivity index is 0. The molecule has 0 aliphatic heterocycles. The SMILES string of the molecule is Pc1ccccc1.[Na].[Na]. The second-order valence-electron chi connectivity index (χ2n) is 1.41. The molecule has 0 spiro atoms. The van der Waals surface area contributed by atoms with Gasteiger partial charge in [0, 0.05) is 59.1 Å². The fraction of sp³-hybridized carbons (Fsp3) is 0. The Labute approximate surface area is 103 Å².